The molecule has 0 unspecified atom stereocenters. The van der Waals surface area contributed by atoms with Crippen LogP contribution in [-0.4, -0.2) is 51.9 Å². The summed E-state index contributed by atoms with van der Waals surface area (Å²) < 4.78 is 44.7. The average Bonchev–Trinajstić information content (AvgIpc) is 2.56. The van der Waals surface area contributed by atoms with E-state index in [1.54, 1.807) is 0 Å². The second-order valence-corrected chi connectivity index (χ2v) is 8.82. The monoisotopic (exact) mass is 253 g/mol. The van der Waals surface area contributed by atoms with Gasteiger partial charge in [0.05, 0.1) is 23.0 Å². The van der Waals surface area contributed by atoms with Crippen molar-refractivity contribution in [2.45, 2.75) is 24.9 Å². The molecule has 2 aliphatic heterocycles. The third-order valence-corrected chi connectivity index (χ3v) is 6.47. The summed E-state index contributed by atoms with van der Waals surface area (Å²) in [5.74, 6) is 0.765. The van der Waals surface area contributed by atoms with Gasteiger partial charge < -0.3 is 5.32 Å². The maximum Gasteiger partial charge on any atom is 0.151 e. The molecular weight excluding hydrogens is 238 g/mol. The first-order valence-corrected chi connectivity index (χ1v) is 8.67. The molecule has 0 spiro atoms. The van der Waals surface area contributed by atoms with E-state index in [2.05, 4.69) is 5.32 Å². The molecule has 0 aliphatic carbocycles. The Balaban J connectivity index is 1.90. The summed E-state index contributed by atoms with van der Waals surface area (Å²) in [7, 11) is -5.76. The zero-order chi connectivity index (χ0) is 11.1. The molecule has 7 heteroatoms. The fraction of sp³-hybridized carbons (Fsp3) is 1.00. The molecule has 2 fully saturated rings. The van der Waals surface area contributed by atoms with Crippen molar-refractivity contribution < 1.29 is 16.8 Å². The fourth-order valence-corrected chi connectivity index (χ4v) is 5.56. The normalized spacial score (nSPS) is 38.1. The van der Waals surface area contributed by atoms with Gasteiger partial charge in [-0.05, 0) is 12.8 Å². The lowest BCUT2D eigenvalue weighted by molar-refractivity contribution is 0.476. The number of hydrogen-bond acceptors (Lipinski definition) is 5. The second kappa shape index (κ2) is 3.71. The third kappa shape index (κ3) is 2.92. The van der Waals surface area contributed by atoms with Crippen molar-refractivity contribution in [2.24, 2.45) is 0 Å². The molecule has 2 heterocycles. The highest BCUT2D eigenvalue weighted by Crippen LogP contribution is 2.16. The zero-order valence-corrected chi connectivity index (χ0v) is 9.98. The minimum absolute atomic E-state index is 0.0479. The third-order valence-electron chi connectivity index (χ3n) is 2.94. The van der Waals surface area contributed by atoms with Crippen LogP contribution in [0.4, 0.5) is 0 Å². The number of sulfone groups is 2. The smallest absolute Gasteiger partial charge is 0.151 e. The molecule has 2 aliphatic rings. The van der Waals surface area contributed by atoms with E-state index in [1.165, 1.54) is 0 Å². The van der Waals surface area contributed by atoms with Gasteiger partial charge in [0.2, 0.25) is 0 Å². The van der Waals surface area contributed by atoms with Gasteiger partial charge in [0.1, 0.15) is 0 Å². The van der Waals surface area contributed by atoms with Crippen LogP contribution in [0.5, 0.6) is 0 Å². The van der Waals surface area contributed by atoms with E-state index in [4.69, 9.17) is 0 Å². The standard InChI is InChI=1S/C8H15NO4S2/c10-14(11)3-1-7(5-14)9-8-2-4-15(12,13)6-8/h7-9H,1-6H2/t7-,8+. The van der Waals surface area contributed by atoms with Crippen LogP contribution in [0.15, 0.2) is 0 Å². The molecule has 1 N–H and O–H groups in total. The van der Waals surface area contributed by atoms with Crippen LogP contribution in [-0.2, 0) is 19.7 Å². The second-order valence-electron chi connectivity index (χ2n) is 4.37. The first-order chi connectivity index (χ1) is 6.86. The van der Waals surface area contributed by atoms with Gasteiger partial charge in [0, 0.05) is 12.1 Å². The highest BCUT2D eigenvalue weighted by molar-refractivity contribution is 7.92. The van der Waals surface area contributed by atoms with Crippen LogP contribution >= 0.6 is 0 Å². The van der Waals surface area contributed by atoms with E-state index < -0.39 is 19.7 Å². The molecule has 2 saturated heterocycles. The Morgan fingerprint density at radius 3 is 1.47 bits per heavy atom. The van der Waals surface area contributed by atoms with Crippen LogP contribution < -0.4 is 5.32 Å². The molecule has 0 saturated carbocycles. The van der Waals surface area contributed by atoms with Crippen LogP contribution in [0.25, 0.3) is 0 Å². The van der Waals surface area contributed by atoms with E-state index in [0.29, 0.717) is 12.8 Å². The molecule has 88 valence electrons. The molecule has 2 rings (SSSR count). The van der Waals surface area contributed by atoms with Gasteiger partial charge >= 0.3 is 0 Å². The van der Waals surface area contributed by atoms with Crippen molar-refractivity contribution in [1.82, 2.24) is 5.32 Å². The Morgan fingerprint density at radius 2 is 1.20 bits per heavy atom. The van der Waals surface area contributed by atoms with Crippen molar-refractivity contribution in [2.75, 3.05) is 23.0 Å². The molecule has 2 atom stereocenters. The summed E-state index contributed by atoms with van der Waals surface area (Å²) in [4.78, 5) is 0. The average molecular weight is 253 g/mol. The number of rotatable bonds is 2. The van der Waals surface area contributed by atoms with Crippen LogP contribution in [0, 0.1) is 0 Å². The Morgan fingerprint density at radius 1 is 0.800 bits per heavy atom. The quantitative estimate of drug-likeness (QED) is 0.679. The molecule has 0 bridgehead atoms. The van der Waals surface area contributed by atoms with Gasteiger partial charge in [-0.1, -0.05) is 0 Å². The lowest BCUT2D eigenvalue weighted by Gasteiger charge is -2.15. The van der Waals surface area contributed by atoms with E-state index in [0.717, 1.165) is 0 Å². The largest absolute Gasteiger partial charge is 0.309 e. The predicted octanol–water partition coefficient (Wildman–Crippen LogP) is -1.05. The van der Waals surface area contributed by atoms with E-state index in [9.17, 15) is 16.8 Å². The summed E-state index contributed by atoms with van der Waals surface area (Å²) in [5.41, 5.74) is 0. The minimum Gasteiger partial charge on any atom is -0.309 e. The molecule has 15 heavy (non-hydrogen) atoms. The summed E-state index contributed by atoms with van der Waals surface area (Å²) in [6.45, 7) is 0. The van der Waals surface area contributed by atoms with Crippen molar-refractivity contribution in [1.29, 1.82) is 0 Å². The first-order valence-electron chi connectivity index (χ1n) is 5.03. The van der Waals surface area contributed by atoms with Crippen molar-refractivity contribution in [3.05, 3.63) is 0 Å². The van der Waals surface area contributed by atoms with Gasteiger partial charge in [0.25, 0.3) is 0 Å². The van der Waals surface area contributed by atoms with E-state index in [1.807, 2.05) is 0 Å². The fourth-order valence-electron chi connectivity index (χ4n) is 2.19. The summed E-state index contributed by atoms with van der Waals surface area (Å²) >= 11 is 0. The van der Waals surface area contributed by atoms with Crippen LogP contribution in [0.2, 0.25) is 0 Å². The highest BCUT2D eigenvalue weighted by Gasteiger charge is 2.33. The molecule has 0 radical (unpaired) electrons. The zero-order valence-electron chi connectivity index (χ0n) is 8.35. The minimum atomic E-state index is -2.88. The molecule has 0 aromatic rings. The summed E-state index contributed by atoms with van der Waals surface area (Å²) in [6.07, 6.45) is 1.22. The molecule has 5 nitrogen and oxygen atoms in total. The SMILES string of the molecule is O=S1(=O)CC[C@@H](N[C@H]2CCS(=O)(=O)C2)C1. The van der Waals surface area contributed by atoms with Gasteiger partial charge in [-0.2, -0.15) is 0 Å². The summed E-state index contributed by atoms with van der Waals surface area (Å²) in [6, 6.07) is -0.0957. The lowest BCUT2D eigenvalue weighted by atomic mass is 10.2. The van der Waals surface area contributed by atoms with Gasteiger partial charge in [-0.25, -0.2) is 16.8 Å². The highest BCUT2D eigenvalue weighted by atomic mass is 32.2. The predicted molar refractivity (Wildman–Crippen MR) is 57.3 cm³/mol. The Hall–Kier alpha value is -0.140. The Bertz CT molecular complexity index is 397. The lowest BCUT2D eigenvalue weighted by Crippen LogP contribution is -2.39. The maximum atomic E-state index is 11.2. The first kappa shape index (κ1) is 11.3. The molecular formula is C8H15NO4S2. The van der Waals surface area contributed by atoms with Gasteiger partial charge in [-0.3, -0.25) is 0 Å². The van der Waals surface area contributed by atoms with Crippen molar-refractivity contribution in [3.63, 3.8) is 0 Å². The number of hydrogen-bond donors (Lipinski definition) is 1. The van der Waals surface area contributed by atoms with Gasteiger partial charge in [0.15, 0.2) is 19.7 Å². The summed E-state index contributed by atoms with van der Waals surface area (Å²) in [5, 5.41) is 3.13. The Kier molecular flexibility index (Phi) is 2.81. The van der Waals surface area contributed by atoms with Crippen molar-refractivity contribution >= 4 is 19.7 Å². The maximum absolute atomic E-state index is 11.2. The van der Waals surface area contributed by atoms with E-state index >= 15 is 0 Å². The van der Waals surface area contributed by atoms with Crippen LogP contribution in [0.3, 0.4) is 0 Å². The molecule has 0 amide bonds. The van der Waals surface area contributed by atoms with E-state index in [-0.39, 0.29) is 35.1 Å². The Labute approximate surface area is 90.1 Å². The topological polar surface area (TPSA) is 80.3 Å². The molecule has 0 aromatic carbocycles. The molecule has 0 aromatic heterocycles. The number of nitrogens with one attached hydrogen (secondary N) is 1. The van der Waals surface area contributed by atoms with Crippen molar-refractivity contribution in [3.8, 4) is 0 Å². The van der Waals surface area contributed by atoms with Gasteiger partial charge in [-0.15, -0.1) is 0 Å². The van der Waals surface area contributed by atoms with Crippen LogP contribution in [0.1, 0.15) is 12.8 Å².